The van der Waals surface area contributed by atoms with Crippen molar-refractivity contribution in [3.05, 3.63) is 169 Å². The number of aromatic nitrogens is 1. The van der Waals surface area contributed by atoms with Crippen LogP contribution in [0.5, 0.6) is 0 Å². The maximum atomic E-state index is 6.39. The summed E-state index contributed by atoms with van der Waals surface area (Å²) in [5.41, 5.74) is 14.8. The van der Waals surface area contributed by atoms with Crippen molar-refractivity contribution in [2.75, 3.05) is 4.90 Å². The Morgan fingerprint density at radius 2 is 1.16 bits per heavy atom. The highest BCUT2D eigenvalue weighted by Gasteiger charge is 2.35. The Bertz CT molecular complexity index is 2730. The van der Waals surface area contributed by atoms with E-state index >= 15 is 0 Å². The Morgan fingerprint density at radius 3 is 2.04 bits per heavy atom. The predicted octanol–water partition coefficient (Wildman–Crippen LogP) is 12.8. The Labute approximate surface area is 289 Å². The first kappa shape index (κ1) is 28.6. The van der Waals surface area contributed by atoms with Gasteiger partial charge in [0.2, 0.25) is 5.89 Å². The molecular weight excluding hydrogens is 613 g/mol. The lowest BCUT2D eigenvalue weighted by Gasteiger charge is -2.28. The number of rotatable bonds is 5. The van der Waals surface area contributed by atoms with E-state index in [2.05, 4.69) is 134 Å². The highest BCUT2D eigenvalue weighted by atomic mass is 16.3. The lowest BCUT2D eigenvalue weighted by atomic mass is 9.82. The molecule has 4 heteroatoms. The van der Waals surface area contributed by atoms with Gasteiger partial charge >= 0.3 is 0 Å². The van der Waals surface area contributed by atoms with Gasteiger partial charge in [-0.15, -0.1) is 0 Å². The summed E-state index contributed by atoms with van der Waals surface area (Å²) in [6.07, 6.45) is 0. The molecule has 0 N–H and O–H groups in total. The predicted molar refractivity (Wildman–Crippen MR) is 204 cm³/mol. The molecule has 9 aromatic rings. The van der Waals surface area contributed by atoms with Crippen LogP contribution in [0.1, 0.15) is 25.0 Å². The summed E-state index contributed by atoms with van der Waals surface area (Å²) in [5, 5.41) is 2.26. The summed E-state index contributed by atoms with van der Waals surface area (Å²) >= 11 is 0. The third-order valence-corrected chi connectivity index (χ3v) is 10.3. The molecule has 0 radical (unpaired) electrons. The van der Waals surface area contributed by atoms with Crippen molar-refractivity contribution >= 4 is 50.1 Å². The number of nitrogens with zero attached hydrogens (tertiary/aromatic N) is 2. The molecule has 0 bridgehead atoms. The van der Waals surface area contributed by atoms with E-state index < -0.39 is 0 Å². The van der Waals surface area contributed by atoms with Gasteiger partial charge in [0.15, 0.2) is 5.58 Å². The van der Waals surface area contributed by atoms with Crippen molar-refractivity contribution < 1.29 is 8.83 Å². The molecule has 238 valence electrons. The molecule has 4 nitrogen and oxygen atoms in total. The minimum atomic E-state index is -0.123. The lowest BCUT2D eigenvalue weighted by Crippen LogP contribution is -2.16. The topological polar surface area (TPSA) is 42.4 Å². The molecule has 1 aliphatic carbocycles. The van der Waals surface area contributed by atoms with E-state index in [4.69, 9.17) is 13.8 Å². The van der Waals surface area contributed by atoms with Gasteiger partial charge in [0.1, 0.15) is 16.7 Å². The summed E-state index contributed by atoms with van der Waals surface area (Å²) < 4.78 is 12.8. The first-order valence-corrected chi connectivity index (χ1v) is 17.0. The van der Waals surface area contributed by atoms with Crippen LogP contribution in [0.25, 0.3) is 66.7 Å². The highest BCUT2D eigenvalue weighted by Crippen LogP contribution is 2.51. The lowest BCUT2D eigenvalue weighted by molar-refractivity contribution is 0.620. The number of fused-ring (bicyclic) bond motifs is 7. The molecule has 0 saturated carbocycles. The largest absolute Gasteiger partial charge is 0.455 e. The maximum Gasteiger partial charge on any atom is 0.227 e. The molecule has 50 heavy (non-hydrogen) atoms. The van der Waals surface area contributed by atoms with Gasteiger partial charge in [0, 0.05) is 50.4 Å². The molecule has 1 aliphatic rings. The van der Waals surface area contributed by atoms with Crippen LogP contribution in [0.2, 0.25) is 0 Å². The molecule has 10 rings (SSSR count). The molecule has 0 amide bonds. The van der Waals surface area contributed by atoms with Crippen LogP contribution in [0, 0.1) is 0 Å². The standard InChI is InChI=1S/C46H32N2O2/c1-46(2)39-17-8-6-13-35(39)36-25-23-32(27-40(36)46)48(33-24-26-41-43(28-33)50-45(47-41)30-11-4-3-5-12-30)31-21-19-29(20-22-31)34-15-10-16-38-37-14-7-9-18-42(37)49-44(34)38/h3-28H,1-2H3. The number of hydrogen-bond donors (Lipinski definition) is 0. The fourth-order valence-electron chi connectivity index (χ4n) is 7.80. The molecule has 2 heterocycles. The maximum absolute atomic E-state index is 6.39. The Morgan fingerprint density at radius 1 is 0.480 bits per heavy atom. The second-order valence-electron chi connectivity index (χ2n) is 13.6. The third kappa shape index (κ3) is 4.35. The van der Waals surface area contributed by atoms with Crippen LogP contribution in [-0.2, 0) is 5.41 Å². The smallest absolute Gasteiger partial charge is 0.227 e. The van der Waals surface area contributed by atoms with E-state index in [-0.39, 0.29) is 5.41 Å². The molecule has 0 atom stereocenters. The van der Waals surface area contributed by atoms with Crippen molar-refractivity contribution in [1.29, 1.82) is 0 Å². The van der Waals surface area contributed by atoms with Crippen molar-refractivity contribution in [1.82, 2.24) is 4.98 Å². The zero-order valence-electron chi connectivity index (χ0n) is 27.7. The summed E-state index contributed by atoms with van der Waals surface area (Å²) in [6, 6.07) is 55.4. The Balaban J connectivity index is 1.11. The van der Waals surface area contributed by atoms with E-state index in [9.17, 15) is 0 Å². The van der Waals surface area contributed by atoms with Gasteiger partial charge < -0.3 is 13.7 Å². The first-order valence-electron chi connectivity index (χ1n) is 17.0. The molecular formula is C46H32N2O2. The number of oxazole rings is 1. The van der Waals surface area contributed by atoms with E-state index in [0.29, 0.717) is 5.89 Å². The van der Waals surface area contributed by atoms with Crippen molar-refractivity contribution in [2.24, 2.45) is 0 Å². The highest BCUT2D eigenvalue weighted by molar-refractivity contribution is 6.09. The van der Waals surface area contributed by atoms with E-state index in [0.717, 1.165) is 66.8 Å². The molecule has 2 aromatic heterocycles. The van der Waals surface area contributed by atoms with Gasteiger partial charge in [-0.3, -0.25) is 0 Å². The monoisotopic (exact) mass is 644 g/mol. The second kappa shape index (κ2) is 10.8. The minimum absolute atomic E-state index is 0.123. The Hall–Kier alpha value is -6.39. The molecule has 0 unspecified atom stereocenters. The number of furan rings is 1. The van der Waals surface area contributed by atoms with Crippen LogP contribution in [-0.4, -0.2) is 4.98 Å². The summed E-state index contributed by atoms with van der Waals surface area (Å²) in [6.45, 7) is 4.65. The molecule has 0 saturated heterocycles. The van der Waals surface area contributed by atoms with Crippen LogP contribution in [0.3, 0.4) is 0 Å². The van der Waals surface area contributed by atoms with Crippen molar-refractivity contribution in [3.8, 4) is 33.7 Å². The third-order valence-electron chi connectivity index (χ3n) is 10.3. The number of para-hydroxylation sites is 2. The fourth-order valence-corrected chi connectivity index (χ4v) is 7.80. The quantitative estimate of drug-likeness (QED) is 0.187. The molecule has 0 fully saturated rings. The average Bonchev–Trinajstić information content (AvgIpc) is 3.83. The van der Waals surface area contributed by atoms with Crippen LogP contribution in [0.4, 0.5) is 17.1 Å². The van der Waals surface area contributed by atoms with Gasteiger partial charge in [-0.1, -0.05) is 111 Å². The van der Waals surface area contributed by atoms with Crippen LogP contribution < -0.4 is 4.90 Å². The zero-order valence-corrected chi connectivity index (χ0v) is 27.7. The van der Waals surface area contributed by atoms with Gasteiger partial charge in [-0.2, -0.15) is 0 Å². The fraction of sp³-hybridized carbons (Fsp3) is 0.0652. The van der Waals surface area contributed by atoms with E-state index in [1.807, 2.05) is 42.5 Å². The van der Waals surface area contributed by atoms with Gasteiger partial charge in [-0.05, 0) is 82.4 Å². The SMILES string of the molecule is CC1(C)c2ccccc2-c2ccc(N(c3ccc(-c4cccc5c4oc4ccccc45)cc3)c3ccc4nc(-c5ccccc5)oc4c3)cc21. The Kier molecular flexibility index (Phi) is 6.19. The summed E-state index contributed by atoms with van der Waals surface area (Å²) in [4.78, 5) is 7.12. The minimum Gasteiger partial charge on any atom is -0.455 e. The zero-order chi connectivity index (χ0) is 33.4. The van der Waals surface area contributed by atoms with Crippen LogP contribution >= 0.6 is 0 Å². The first-order chi connectivity index (χ1) is 24.5. The normalized spacial score (nSPS) is 13.2. The van der Waals surface area contributed by atoms with Gasteiger partial charge in [-0.25, -0.2) is 4.98 Å². The second-order valence-corrected chi connectivity index (χ2v) is 13.6. The summed E-state index contributed by atoms with van der Waals surface area (Å²) in [5.74, 6) is 0.616. The number of anilines is 3. The van der Waals surface area contributed by atoms with Crippen molar-refractivity contribution in [2.45, 2.75) is 19.3 Å². The van der Waals surface area contributed by atoms with Gasteiger partial charge in [0.25, 0.3) is 0 Å². The number of benzene rings is 7. The van der Waals surface area contributed by atoms with E-state index in [1.165, 1.54) is 22.3 Å². The van der Waals surface area contributed by atoms with Crippen molar-refractivity contribution in [3.63, 3.8) is 0 Å². The van der Waals surface area contributed by atoms with Gasteiger partial charge in [0.05, 0.1) is 0 Å². The molecule has 0 aliphatic heterocycles. The molecule has 7 aromatic carbocycles. The summed E-state index contributed by atoms with van der Waals surface area (Å²) in [7, 11) is 0. The van der Waals surface area contributed by atoms with Crippen LogP contribution in [0.15, 0.2) is 167 Å². The van der Waals surface area contributed by atoms with E-state index in [1.54, 1.807) is 0 Å². The number of hydrogen-bond acceptors (Lipinski definition) is 4. The molecule has 0 spiro atoms. The average molecular weight is 645 g/mol.